The smallest absolute Gasteiger partial charge is 0.308 e. The van der Waals surface area contributed by atoms with Crippen molar-refractivity contribution in [2.45, 2.75) is 39.0 Å². The van der Waals surface area contributed by atoms with Crippen LogP contribution in [-0.4, -0.2) is 64.8 Å². The quantitative estimate of drug-likeness (QED) is 0.710. The predicted octanol–water partition coefficient (Wildman–Crippen LogP) is 2.21. The largest absolute Gasteiger partial charge is 0.481 e. The van der Waals surface area contributed by atoms with Crippen LogP contribution in [0.2, 0.25) is 0 Å². The molecule has 1 aromatic carbocycles. The van der Waals surface area contributed by atoms with Crippen LogP contribution in [0.15, 0.2) is 24.3 Å². The lowest BCUT2D eigenvalue weighted by molar-refractivity contribution is -0.143. The Labute approximate surface area is 176 Å². The van der Waals surface area contributed by atoms with Crippen LogP contribution in [0.3, 0.4) is 0 Å². The average Bonchev–Trinajstić information content (AvgIpc) is 3.13. The maximum Gasteiger partial charge on any atom is 0.308 e. The molecule has 0 saturated carbocycles. The van der Waals surface area contributed by atoms with E-state index in [2.05, 4.69) is 12.2 Å². The summed E-state index contributed by atoms with van der Waals surface area (Å²) >= 11 is 0. The lowest BCUT2D eigenvalue weighted by atomic mass is 9.97. The topological polar surface area (TPSA) is 107 Å². The second-order valence-electron chi connectivity index (χ2n) is 8.09. The number of carboxylic acids is 1. The maximum atomic E-state index is 12.7. The number of unbranched alkanes of at least 4 members (excludes halogenated alkanes) is 1. The van der Waals surface area contributed by atoms with E-state index in [1.54, 1.807) is 34.1 Å². The molecule has 0 aliphatic carbocycles. The van der Waals surface area contributed by atoms with Crippen LogP contribution in [0, 0.1) is 11.8 Å². The number of nitrogens with one attached hydrogen (secondary N) is 1. The third-order valence-electron chi connectivity index (χ3n) is 5.82. The number of aliphatic carboxylic acids is 1. The Kier molecular flexibility index (Phi) is 7.07. The van der Waals surface area contributed by atoms with Crippen molar-refractivity contribution in [1.82, 2.24) is 9.80 Å². The molecule has 0 unspecified atom stereocenters. The molecule has 2 heterocycles. The van der Waals surface area contributed by atoms with Gasteiger partial charge in [-0.15, -0.1) is 0 Å². The van der Waals surface area contributed by atoms with Gasteiger partial charge in [-0.25, -0.2) is 0 Å². The minimum absolute atomic E-state index is 0.0192. The van der Waals surface area contributed by atoms with Crippen molar-refractivity contribution in [3.63, 3.8) is 0 Å². The van der Waals surface area contributed by atoms with E-state index in [9.17, 15) is 24.3 Å². The molecule has 2 saturated heterocycles. The van der Waals surface area contributed by atoms with Gasteiger partial charge in [0.1, 0.15) is 0 Å². The fraction of sp³-hybridized carbons (Fsp3) is 0.545. The van der Waals surface area contributed by atoms with Gasteiger partial charge >= 0.3 is 5.97 Å². The summed E-state index contributed by atoms with van der Waals surface area (Å²) in [5, 5.41) is 12.0. The van der Waals surface area contributed by atoms with Gasteiger partial charge in [-0.3, -0.25) is 19.2 Å². The highest BCUT2D eigenvalue weighted by Crippen LogP contribution is 2.22. The van der Waals surface area contributed by atoms with Gasteiger partial charge in [-0.2, -0.15) is 0 Å². The Morgan fingerprint density at radius 3 is 2.53 bits per heavy atom. The summed E-state index contributed by atoms with van der Waals surface area (Å²) in [7, 11) is 0. The van der Waals surface area contributed by atoms with E-state index in [4.69, 9.17) is 0 Å². The molecule has 0 spiro atoms. The molecule has 0 radical (unpaired) electrons. The van der Waals surface area contributed by atoms with Gasteiger partial charge in [-0.05, 0) is 43.5 Å². The number of rotatable bonds is 7. The summed E-state index contributed by atoms with van der Waals surface area (Å²) in [6.45, 7) is 3.97. The molecule has 2 fully saturated rings. The Balaban J connectivity index is 1.55. The lowest BCUT2D eigenvalue weighted by Gasteiger charge is -2.30. The highest BCUT2D eigenvalue weighted by atomic mass is 16.4. The van der Waals surface area contributed by atoms with Crippen LogP contribution in [0.4, 0.5) is 5.69 Å². The van der Waals surface area contributed by atoms with E-state index in [-0.39, 0.29) is 36.6 Å². The van der Waals surface area contributed by atoms with Crippen molar-refractivity contribution < 1.29 is 24.3 Å². The first-order valence-corrected chi connectivity index (χ1v) is 10.6. The number of piperidine rings is 1. The van der Waals surface area contributed by atoms with Crippen LogP contribution < -0.4 is 5.32 Å². The third-order valence-corrected chi connectivity index (χ3v) is 5.82. The highest BCUT2D eigenvalue weighted by Gasteiger charge is 2.34. The molecule has 0 bridgehead atoms. The highest BCUT2D eigenvalue weighted by molar-refractivity contribution is 5.98. The summed E-state index contributed by atoms with van der Waals surface area (Å²) in [5.41, 5.74) is 1.03. The van der Waals surface area contributed by atoms with E-state index >= 15 is 0 Å². The standard InChI is InChI=1S/C22H29N3O5/c1-2-3-10-24-14-17(12-19(24)26)20(27)23-18-8-6-15(7-9-18)21(28)25-11-4-5-16(13-25)22(29)30/h6-9,16-17H,2-5,10-14H2,1H3,(H,23,27)(H,29,30)/t16-,17-/m0/s1. The number of nitrogens with zero attached hydrogens (tertiary/aromatic N) is 2. The number of carbonyl (C=O) groups excluding carboxylic acids is 3. The lowest BCUT2D eigenvalue weighted by Crippen LogP contribution is -2.42. The summed E-state index contributed by atoms with van der Waals surface area (Å²) in [6.07, 6.45) is 3.42. The molecule has 3 amide bonds. The van der Waals surface area contributed by atoms with E-state index in [0.717, 1.165) is 12.8 Å². The van der Waals surface area contributed by atoms with E-state index in [0.29, 0.717) is 43.7 Å². The normalized spacial score (nSPS) is 21.6. The third kappa shape index (κ3) is 5.17. The summed E-state index contributed by atoms with van der Waals surface area (Å²) in [5.74, 6) is -2.13. The van der Waals surface area contributed by atoms with Gasteiger partial charge in [0.15, 0.2) is 0 Å². The van der Waals surface area contributed by atoms with Crippen molar-refractivity contribution >= 4 is 29.4 Å². The van der Waals surface area contributed by atoms with Crippen LogP contribution in [0.5, 0.6) is 0 Å². The van der Waals surface area contributed by atoms with Gasteiger partial charge < -0.3 is 20.2 Å². The minimum Gasteiger partial charge on any atom is -0.481 e. The molecule has 2 N–H and O–H groups in total. The zero-order valence-corrected chi connectivity index (χ0v) is 17.3. The number of hydrogen-bond acceptors (Lipinski definition) is 4. The number of carboxylic acid groups (broad SMARTS) is 1. The van der Waals surface area contributed by atoms with Crippen molar-refractivity contribution in [3.8, 4) is 0 Å². The number of hydrogen-bond donors (Lipinski definition) is 2. The fourth-order valence-electron chi connectivity index (χ4n) is 4.00. The molecule has 2 atom stereocenters. The van der Waals surface area contributed by atoms with Crippen LogP contribution in [0.1, 0.15) is 49.4 Å². The molecule has 162 valence electrons. The fourth-order valence-corrected chi connectivity index (χ4v) is 4.00. The summed E-state index contributed by atoms with van der Waals surface area (Å²) in [4.78, 5) is 51.8. The SMILES string of the molecule is CCCCN1C[C@@H](C(=O)Nc2ccc(C(=O)N3CCC[C@H](C(=O)O)C3)cc2)CC1=O. The first-order chi connectivity index (χ1) is 14.4. The average molecular weight is 415 g/mol. The molecule has 8 heteroatoms. The van der Waals surface area contributed by atoms with Crippen LogP contribution in [-0.2, 0) is 14.4 Å². The van der Waals surface area contributed by atoms with E-state index in [1.807, 2.05) is 0 Å². The second kappa shape index (κ2) is 9.73. The number of amides is 3. The number of carbonyl (C=O) groups is 4. The first-order valence-electron chi connectivity index (χ1n) is 10.6. The van der Waals surface area contributed by atoms with Crippen LogP contribution >= 0.6 is 0 Å². The zero-order chi connectivity index (χ0) is 21.7. The first kappa shape index (κ1) is 21.8. The molecule has 0 aromatic heterocycles. The second-order valence-corrected chi connectivity index (χ2v) is 8.09. The monoisotopic (exact) mass is 415 g/mol. The van der Waals surface area contributed by atoms with E-state index < -0.39 is 11.9 Å². The van der Waals surface area contributed by atoms with E-state index in [1.165, 1.54) is 0 Å². The molecule has 2 aliphatic heterocycles. The Hall–Kier alpha value is -2.90. The number of benzene rings is 1. The molecular formula is C22H29N3O5. The number of likely N-dealkylation sites (tertiary alicyclic amines) is 2. The van der Waals surface area contributed by atoms with Gasteiger partial charge in [0.25, 0.3) is 5.91 Å². The van der Waals surface area contributed by atoms with Crippen LogP contribution in [0.25, 0.3) is 0 Å². The van der Waals surface area contributed by atoms with Crippen molar-refractivity contribution in [2.75, 3.05) is 31.5 Å². The molecule has 30 heavy (non-hydrogen) atoms. The molecule has 8 nitrogen and oxygen atoms in total. The summed E-state index contributed by atoms with van der Waals surface area (Å²) < 4.78 is 0. The molecule has 3 rings (SSSR count). The molecular weight excluding hydrogens is 386 g/mol. The Bertz CT molecular complexity index is 807. The Morgan fingerprint density at radius 2 is 1.87 bits per heavy atom. The summed E-state index contributed by atoms with van der Waals surface area (Å²) in [6, 6.07) is 6.59. The minimum atomic E-state index is -0.871. The van der Waals surface area contributed by atoms with Gasteiger partial charge in [0.05, 0.1) is 11.8 Å². The van der Waals surface area contributed by atoms with Gasteiger partial charge in [0.2, 0.25) is 11.8 Å². The number of anilines is 1. The molecule has 2 aliphatic rings. The zero-order valence-electron chi connectivity index (χ0n) is 17.3. The van der Waals surface area contributed by atoms with Crippen molar-refractivity contribution in [2.24, 2.45) is 11.8 Å². The van der Waals surface area contributed by atoms with Crippen molar-refractivity contribution in [1.29, 1.82) is 0 Å². The Morgan fingerprint density at radius 1 is 1.13 bits per heavy atom. The maximum absolute atomic E-state index is 12.7. The van der Waals surface area contributed by atoms with Gasteiger partial charge in [-0.1, -0.05) is 13.3 Å². The van der Waals surface area contributed by atoms with Crippen molar-refractivity contribution in [3.05, 3.63) is 29.8 Å². The van der Waals surface area contributed by atoms with Gasteiger partial charge in [0, 0.05) is 43.9 Å². The molecule has 1 aromatic rings. The predicted molar refractivity (Wildman–Crippen MR) is 111 cm³/mol.